The Morgan fingerprint density at radius 1 is 0.426 bits per heavy atom. The summed E-state index contributed by atoms with van der Waals surface area (Å²) in [6.07, 6.45) is 17.4. The van der Waals surface area contributed by atoms with E-state index >= 15 is 0 Å². The van der Waals surface area contributed by atoms with Crippen molar-refractivity contribution in [2.45, 2.75) is 118 Å². The Kier molecular flexibility index (Phi) is 12.3. The van der Waals surface area contributed by atoms with Gasteiger partial charge in [-0.05, 0) is 121 Å². The smallest absolute Gasteiger partial charge is 0.114 e. The summed E-state index contributed by atoms with van der Waals surface area (Å²) in [6, 6.07) is 35.5. The number of benzene rings is 5. The molecule has 7 rings (SSSR count). The molecule has 0 bridgehead atoms. The summed E-state index contributed by atoms with van der Waals surface area (Å²) in [5.74, 6) is 0. The Morgan fingerprint density at radius 3 is 1.44 bits per heavy atom. The molecule has 5 aromatic carbocycles. The lowest BCUT2D eigenvalue weighted by Gasteiger charge is -2.18. The monoisotopic (exact) mass is 716 g/mol. The Morgan fingerprint density at radius 2 is 0.889 bits per heavy atom. The Balaban J connectivity index is 1.30. The predicted molar refractivity (Wildman–Crippen MR) is 226 cm³/mol. The van der Waals surface area contributed by atoms with Gasteiger partial charge in [0.15, 0.2) is 0 Å². The molecule has 2 heterocycles. The van der Waals surface area contributed by atoms with Crippen LogP contribution in [0.4, 0.5) is 0 Å². The first-order valence-electron chi connectivity index (χ1n) is 20.5. The Hall–Kier alpha value is -5.10. The second kappa shape index (κ2) is 17.8. The van der Waals surface area contributed by atoms with Crippen LogP contribution in [0.1, 0.15) is 113 Å². The minimum atomic E-state index is 0.910. The maximum Gasteiger partial charge on any atom is 0.114 e. The first-order valence-corrected chi connectivity index (χ1v) is 20.5. The quantitative estimate of drug-likeness (QED) is 0.0830. The molecule has 54 heavy (non-hydrogen) atoms. The zero-order valence-corrected chi connectivity index (χ0v) is 32.8. The highest BCUT2D eigenvalue weighted by Gasteiger charge is 2.17. The molecule has 0 fully saturated rings. The van der Waals surface area contributed by atoms with Crippen molar-refractivity contribution >= 4 is 22.1 Å². The molecule has 278 valence electrons. The van der Waals surface area contributed by atoms with Crippen molar-refractivity contribution in [2.24, 2.45) is 0 Å². The van der Waals surface area contributed by atoms with Gasteiger partial charge in [0.2, 0.25) is 0 Å². The molecule has 0 atom stereocenters. The van der Waals surface area contributed by atoms with Crippen molar-refractivity contribution in [1.82, 2.24) is 30.0 Å². The van der Waals surface area contributed by atoms with Gasteiger partial charge in [-0.2, -0.15) is 0 Å². The van der Waals surface area contributed by atoms with E-state index in [1.54, 1.807) is 0 Å². The lowest BCUT2D eigenvalue weighted by Crippen LogP contribution is -2.00. The fraction of sp³-hybridized carbons (Fsp3) is 0.375. The van der Waals surface area contributed by atoms with Gasteiger partial charge < -0.3 is 0 Å². The average molecular weight is 717 g/mol. The van der Waals surface area contributed by atoms with Gasteiger partial charge in [0, 0.05) is 0 Å². The van der Waals surface area contributed by atoms with Crippen LogP contribution in [-0.4, -0.2) is 30.0 Å². The largest absolute Gasteiger partial charge is 0.213 e. The number of hydrogen-bond acceptors (Lipinski definition) is 4. The zero-order chi connectivity index (χ0) is 37.3. The molecular weight excluding hydrogens is 661 g/mol. The number of fused-ring (bicyclic) bond motifs is 2. The van der Waals surface area contributed by atoms with E-state index in [2.05, 4.69) is 145 Å². The third-order valence-electron chi connectivity index (χ3n) is 11.0. The lowest BCUT2D eigenvalue weighted by molar-refractivity contribution is 0.606. The third-order valence-corrected chi connectivity index (χ3v) is 11.0. The SMILES string of the molecule is CCCCCCCCc1cc(-c2ccc3nnn(-c4ccc(C)cc4)c3c2)c(CCCCCCCC)cc1-c1ccc2c(c1)nnn2-c1ccc(C)cc1. The molecular formula is C48H56N6. The van der Waals surface area contributed by atoms with Gasteiger partial charge in [-0.3, -0.25) is 0 Å². The van der Waals surface area contributed by atoms with Gasteiger partial charge in [0.1, 0.15) is 11.0 Å². The van der Waals surface area contributed by atoms with Crippen molar-refractivity contribution in [3.8, 4) is 33.6 Å². The van der Waals surface area contributed by atoms with E-state index in [1.165, 1.54) is 122 Å². The van der Waals surface area contributed by atoms with E-state index in [4.69, 9.17) is 0 Å². The fourth-order valence-electron chi connectivity index (χ4n) is 7.76. The molecule has 0 saturated carbocycles. The van der Waals surface area contributed by atoms with Crippen LogP contribution in [0.3, 0.4) is 0 Å². The first kappa shape index (κ1) is 37.2. The van der Waals surface area contributed by atoms with Gasteiger partial charge in [-0.15, -0.1) is 10.2 Å². The normalized spacial score (nSPS) is 11.6. The predicted octanol–water partition coefficient (Wildman–Crippen LogP) is 12.9. The van der Waals surface area contributed by atoms with E-state index < -0.39 is 0 Å². The summed E-state index contributed by atoms with van der Waals surface area (Å²) in [5, 5.41) is 18.4. The molecule has 0 saturated heterocycles. The standard InChI is InChI=1S/C48H56N6/c1-5-7-9-11-13-15-17-37-32-44(40-23-29-45-48(34-40)54(51-49-45)42-27-21-36(4)22-28-42)38(18-16-14-12-10-8-6-2)31-43(37)39-24-30-47-46(33-39)50-52-53(47)41-25-19-35(3)20-26-41/h19-34H,5-18H2,1-4H3. The number of aryl methyl sites for hydroxylation is 4. The van der Waals surface area contributed by atoms with Gasteiger partial charge in [-0.25, -0.2) is 9.36 Å². The summed E-state index contributed by atoms with van der Waals surface area (Å²) in [6.45, 7) is 8.81. The molecule has 6 heteroatoms. The van der Waals surface area contributed by atoms with E-state index in [9.17, 15) is 0 Å². The minimum Gasteiger partial charge on any atom is -0.213 e. The van der Waals surface area contributed by atoms with Crippen LogP contribution in [-0.2, 0) is 12.8 Å². The van der Waals surface area contributed by atoms with Gasteiger partial charge in [0.05, 0.1) is 22.4 Å². The molecule has 0 unspecified atom stereocenters. The van der Waals surface area contributed by atoms with Crippen molar-refractivity contribution in [2.75, 3.05) is 0 Å². The summed E-state index contributed by atoms with van der Waals surface area (Å²) in [4.78, 5) is 0. The maximum absolute atomic E-state index is 4.67. The van der Waals surface area contributed by atoms with Crippen molar-refractivity contribution in [3.05, 3.63) is 119 Å². The van der Waals surface area contributed by atoms with Crippen LogP contribution < -0.4 is 0 Å². The summed E-state index contributed by atoms with van der Waals surface area (Å²) in [5.41, 5.74) is 16.3. The van der Waals surface area contributed by atoms with Crippen LogP contribution in [0, 0.1) is 13.8 Å². The average Bonchev–Trinajstić information content (AvgIpc) is 3.82. The second-order valence-corrected chi connectivity index (χ2v) is 15.3. The number of hydrogen-bond donors (Lipinski definition) is 0. The summed E-state index contributed by atoms with van der Waals surface area (Å²) in [7, 11) is 0. The first-order chi connectivity index (χ1) is 26.5. The highest BCUT2D eigenvalue weighted by molar-refractivity contribution is 5.87. The molecule has 0 spiro atoms. The molecule has 0 aliphatic carbocycles. The summed E-state index contributed by atoms with van der Waals surface area (Å²) >= 11 is 0. The second-order valence-electron chi connectivity index (χ2n) is 15.3. The van der Waals surface area contributed by atoms with Crippen molar-refractivity contribution < 1.29 is 0 Å². The number of rotatable bonds is 18. The lowest BCUT2D eigenvalue weighted by atomic mass is 9.86. The number of nitrogens with zero attached hydrogens (tertiary/aromatic N) is 6. The topological polar surface area (TPSA) is 61.4 Å². The molecule has 0 radical (unpaired) electrons. The maximum atomic E-state index is 4.67. The molecule has 6 nitrogen and oxygen atoms in total. The number of aromatic nitrogens is 6. The van der Waals surface area contributed by atoms with E-state index in [0.29, 0.717) is 0 Å². The Bertz CT molecular complexity index is 2280. The Labute approximate surface area is 321 Å². The molecule has 0 amide bonds. The zero-order valence-electron chi connectivity index (χ0n) is 32.8. The number of unbranched alkanes of at least 4 members (excludes halogenated alkanes) is 10. The van der Waals surface area contributed by atoms with Gasteiger partial charge in [0.25, 0.3) is 0 Å². The van der Waals surface area contributed by atoms with Crippen LogP contribution in [0.15, 0.2) is 97.1 Å². The highest BCUT2D eigenvalue weighted by Crippen LogP contribution is 2.37. The molecule has 7 aromatic rings. The van der Waals surface area contributed by atoms with E-state index in [1.807, 2.05) is 9.36 Å². The van der Waals surface area contributed by atoms with Crippen LogP contribution in [0.2, 0.25) is 0 Å². The summed E-state index contributed by atoms with van der Waals surface area (Å²) < 4.78 is 3.94. The minimum absolute atomic E-state index is 0.910. The third kappa shape index (κ3) is 8.65. The molecule has 0 aliphatic heterocycles. The molecule has 0 N–H and O–H groups in total. The van der Waals surface area contributed by atoms with Crippen molar-refractivity contribution in [3.63, 3.8) is 0 Å². The molecule has 0 aliphatic rings. The van der Waals surface area contributed by atoms with Crippen LogP contribution in [0.5, 0.6) is 0 Å². The van der Waals surface area contributed by atoms with Crippen LogP contribution in [0.25, 0.3) is 55.7 Å². The highest BCUT2D eigenvalue weighted by atomic mass is 15.4. The van der Waals surface area contributed by atoms with E-state index in [-0.39, 0.29) is 0 Å². The van der Waals surface area contributed by atoms with Crippen LogP contribution >= 0.6 is 0 Å². The van der Waals surface area contributed by atoms with E-state index in [0.717, 1.165) is 46.3 Å². The fourth-order valence-corrected chi connectivity index (χ4v) is 7.76. The van der Waals surface area contributed by atoms with Gasteiger partial charge >= 0.3 is 0 Å². The van der Waals surface area contributed by atoms with Crippen molar-refractivity contribution in [1.29, 1.82) is 0 Å². The van der Waals surface area contributed by atoms with Gasteiger partial charge in [-0.1, -0.05) is 148 Å². The molecule has 2 aromatic heterocycles.